The van der Waals surface area contributed by atoms with E-state index in [2.05, 4.69) is 21.1 Å². The first kappa shape index (κ1) is 13.2. The lowest BCUT2D eigenvalue weighted by molar-refractivity contribution is 0.971. The van der Waals surface area contributed by atoms with E-state index in [0.29, 0.717) is 17.0 Å². The summed E-state index contributed by atoms with van der Waals surface area (Å²) in [5, 5.41) is 13.9. The van der Waals surface area contributed by atoms with Crippen LogP contribution in [0.15, 0.2) is 67.0 Å². The number of nitriles is 1. The predicted molar refractivity (Wildman–Crippen MR) is 86.4 cm³/mol. The van der Waals surface area contributed by atoms with Crippen LogP contribution in [0, 0.1) is 11.3 Å². The summed E-state index contributed by atoms with van der Waals surface area (Å²) in [6.07, 6.45) is 3.42. The Kier molecular flexibility index (Phi) is 3.06. The molecule has 0 bridgehead atoms. The van der Waals surface area contributed by atoms with E-state index < -0.39 is 0 Å². The fourth-order valence-electron chi connectivity index (χ4n) is 2.49. The van der Waals surface area contributed by atoms with Crippen molar-refractivity contribution in [1.82, 2.24) is 19.6 Å². The summed E-state index contributed by atoms with van der Waals surface area (Å²) < 4.78 is 1.72. The molecule has 23 heavy (non-hydrogen) atoms. The molecule has 5 heteroatoms. The Morgan fingerprint density at radius 2 is 1.74 bits per heavy atom. The minimum Gasteiger partial charge on any atom is -0.264 e. The molecular weight excluding hydrogens is 286 g/mol. The number of pyridine rings is 2. The van der Waals surface area contributed by atoms with Crippen LogP contribution in [0.5, 0.6) is 0 Å². The third-order valence-electron chi connectivity index (χ3n) is 3.59. The zero-order valence-electron chi connectivity index (χ0n) is 12.1. The Bertz CT molecular complexity index is 1010. The van der Waals surface area contributed by atoms with Gasteiger partial charge >= 0.3 is 0 Å². The number of rotatable bonds is 2. The van der Waals surface area contributed by atoms with Crippen molar-refractivity contribution in [3.8, 4) is 28.7 Å². The molecule has 0 atom stereocenters. The standard InChI is InChI=1S/C18H11N5/c19-11-14-8-9-16(13-5-2-1-3-6-13)23-18(14)21-17(22-23)15-7-4-10-20-12-15/h1-10,12H. The molecule has 3 heterocycles. The lowest BCUT2D eigenvalue weighted by Crippen LogP contribution is -1.96. The Labute approximate surface area is 132 Å². The minimum atomic E-state index is 0.493. The summed E-state index contributed by atoms with van der Waals surface area (Å²) in [6.45, 7) is 0. The summed E-state index contributed by atoms with van der Waals surface area (Å²) >= 11 is 0. The molecule has 0 radical (unpaired) electrons. The Morgan fingerprint density at radius 3 is 2.48 bits per heavy atom. The number of fused-ring (bicyclic) bond motifs is 1. The molecule has 4 rings (SSSR count). The molecule has 1 aromatic carbocycles. The fraction of sp³-hybridized carbons (Fsp3) is 0. The van der Waals surface area contributed by atoms with Gasteiger partial charge < -0.3 is 0 Å². The maximum absolute atomic E-state index is 9.33. The zero-order valence-corrected chi connectivity index (χ0v) is 12.1. The molecule has 0 aliphatic rings. The van der Waals surface area contributed by atoms with Crippen molar-refractivity contribution in [3.63, 3.8) is 0 Å². The van der Waals surface area contributed by atoms with Crippen LogP contribution >= 0.6 is 0 Å². The summed E-state index contributed by atoms with van der Waals surface area (Å²) in [5.74, 6) is 0.554. The van der Waals surface area contributed by atoms with Crippen molar-refractivity contribution in [1.29, 1.82) is 5.26 Å². The van der Waals surface area contributed by atoms with E-state index in [4.69, 9.17) is 0 Å². The third-order valence-corrected chi connectivity index (χ3v) is 3.59. The SMILES string of the molecule is N#Cc1ccc(-c2ccccc2)n2nc(-c3cccnc3)nc12. The molecule has 0 unspecified atom stereocenters. The van der Waals surface area contributed by atoms with Gasteiger partial charge in [0.15, 0.2) is 11.5 Å². The number of nitrogens with zero attached hydrogens (tertiary/aromatic N) is 5. The summed E-state index contributed by atoms with van der Waals surface area (Å²) in [5.41, 5.74) is 3.77. The Hall–Kier alpha value is -3.52. The van der Waals surface area contributed by atoms with Gasteiger partial charge in [0, 0.05) is 23.5 Å². The smallest absolute Gasteiger partial charge is 0.183 e. The van der Waals surface area contributed by atoms with Gasteiger partial charge in [-0.25, -0.2) is 9.50 Å². The van der Waals surface area contributed by atoms with E-state index in [1.54, 1.807) is 23.0 Å². The van der Waals surface area contributed by atoms with Gasteiger partial charge in [0.2, 0.25) is 0 Å². The first-order chi connectivity index (χ1) is 11.4. The highest BCUT2D eigenvalue weighted by Gasteiger charge is 2.14. The van der Waals surface area contributed by atoms with Gasteiger partial charge in [-0.05, 0) is 24.3 Å². The zero-order chi connectivity index (χ0) is 15.6. The van der Waals surface area contributed by atoms with E-state index in [0.717, 1.165) is 16.8 Å². The first-order valence-electron chi connectivity index (χ1n) is 7.12. The van der Waals surface area contributed by atoms with Crippen molar-refractivity contribution < 1.29 is 0 Å². The number of aromatic nitrogens is 4. The number of benzene rings is 1. The highest BCUT2D eigenvalue weighted by atomic mass is 15.3. The molecule has 5 nitrogen and oxygen atoms in total. The van der Waals surface area contributed by atoms with Gasteiger partial charge in [0.05, 0.1) is 11.3 Å². The van der Waals surface area contributed by atoms with Crippen LogP contribution in [0.4, 0.5) is 0 Å². The molecule has 0 N–H and O–H groups in total. The van der Waals surface area contributed by atoms with Crippen LogP contribution in [0.3, 0.4) is 0 Å². The van der Waals surface area contributed by atoms with Crippen LogP contribution in [-0.4, -0.2) is 19.6 Å². The molecule has 4 aromatic rings. The second-order valence-corrected chi connectivity index (χ2v) is 5.02. The largest absolute Gasteiger partial charge is 0.264 e. The van der Waals surface area contributed by atoms with Crippen molar-refractivity contribution in [3.05, 3.63) is 72.6 Å². The van der Waals surface area contributed by atoms with Crippen molar-refractivity contribution in [2.75, 3.05) is 0 Å². The van der Waals surface area contributed by atoms with E-state index >= 15 is 0 Å². The molecule has 0 amide bonds. The van der Waals surface area contributed by atoms with Gasteiger partial charge in [-0.3, -0.25) is 4.98 Å². The summed E-state index contributed by atoms with van der Waals surface area (Å²) in [6, 6.07) is 19.5. The van der Waals surface area contributed by atoms with Gasteiger partial charge in [-0.2, -0.15) is 5.26 Å². The average molecular weight is 297 g/mol. The Morgan fingerprint density at radius 1 is 0.913 bits per heavy atom. The van der Waals surface area contributed by atoms with Crippen molar-refractivity contribution in [2.24, 2.45) is 0 Å². The van der Waals surface area contributed by atoms with Crippen molar-refractivity contribution in [2.45, 2.75) is 0 Å². The quantitative estimate of drug-likeness (QED) is 0.569. The van der Waals surface area contributed by atoms with Gasteiger partial charge in [0.1, 0.15) is 6.07 Å². The molecule has 0 aliphatic heterocycles. The monoisotopic (exact) mass is 297 g/mol. The molecular formula is C18H11N5. The van der Waals surface area contributed by atoms with Gasteiger partial charge in [-0.15, -0.1) is 5.10 Å². The summed E-state index contributed by atoms with van der Waals surface area (Å²) in [7, 11) is 0. The minimum absolute atomic E-state index is 0.493. The van der Waals surface area contributed by atoms with E-state index in [-0.39, 0.29) is 0 Å². The van der Waals surface area contributed by atoms with Gasteiger partial charge in [0.25, 0.3) is 0 Å². The van der Waals surface area contributed by atoms with Gasteiger partial charge in [-0.1, -0.05) is 30.3 Å². The first-order valence-corrected chi connectivity index (χ1v) is 7.12. The van der Waals surface area contributed by atoms with E-state index in [1.807, 2.05) is 48.5 Å². The molecule has 108 valence electrons. The molecule has 0 fully saturated rings. The highest BCUT2D eigenvalue weighted by Crippen LogP contribution is 2.24. The molecule has 0 aliphatic carbocycles. The molecule has 3 aromatic heterocycles. The lowest BCUT2D eigenvalue weighted by atomic mass is 10.1. The predicted octanol–water partition coefficient (Wildman–Crippen LogP) is 3.33. The Balaban J connectivity index is 2.00. The maximum atomic E-state index is 9.33. The summed E-state index contributed by atoms with van der Waals surface area (Å²) in [4.78, 5) is 8.63. The number of hydrogen-bond acceptors (Lipinski definition) is 4. The van der Waals surface area contributed by atoms with Crippen molar-refractivity contribution >= 4 is 5.65 Å². The van der Waals surface area contributed by atoms with Crippen LogP contribution in [0.2, 0.25) is 0 Å². The maximum Gasteiger partial charge on any atom is 0.183 e. The van der Waals surface area contributed by atoms with Crippen LogP contribution < -0.4 is 0 Å². The average Bonchev–Trinajstić information content (AvgIpc) is 3.08. The van der Waals surface area contributed by atoms with E-state index in [9.17, 15) is 5.26 Å². The van der Waals surface area contributed by atoms with E-state index in [1.165, 1.54) is 0 Å². The normalized spacial score (nSPS) is 10.6. The molecule has 0 saturated heterocycles. The topological polar surface area (TPSA) is 66.9 Å². The second kappa shape index (κ2) is 5.35. The third kappa shape index (κ3) is 2.23. The van der Waals surface area contributed by atoms with Crippen LogP contribution in [0.25, 0.3) is 28.3 Å². The second-order valence-electron chi connectivity index (χ2n) is 5.02. The highest BCUT2D eigenvalue weighted by molar-refractivity contribution is 5.69. The molecule has 0 saturated carbocycles. The lowest BCUT2D eigenvalue weighted by Gasteiger charge is -2.04. The van der Waals surface area contributed by atoms with Crippen LogP contribution in [0.1, 0.15) is 5.56 Å². The fourth-order valence-corrected chi connectivity index (χ4v) is 2.49. The number of hydrogen-bond donors (Lipinski definition) is 0. The molecule has 0 spiro atoms. The van der Waals surface area contributed by atoms with Crippen LogP contribution in [-0.2, 0) is 0 Å².